The SMILES string of the molecule is O=C1C=C(Nc2ccc(Br)cc2)C(=O)c2[nH]cnc21. The lowest BCUT2D eigenvalue weighted by atomic mass is 10.0. The highest BCUT2D eigenvalue weighted by atomic mass is 79.9. The average molecular weight is 318 g/mol. The highest BCUT2D eigenvalue weighted by Gasteiger charge is 2.28. The lowest BCUT2D eigenvalue weighted by Crippen LogP contribution is -2.21. The van der Waals surface area contributed by atoms with Crippen LogP contribution in [0.4, 0.5) is 5.69 Å². The molecule has 0 fully saturated rings. The Hall–Kier alpha value is -2.21. The predicted molar refractivity (Wildman–Crippen MR) is 73.1 cm³/mol. The summed E-state index contributed by atoms with van der Waals surface area (Å²) in [5.74, 6) is -0.550. The van der Waals surface area contributed by atoms with Gasteiger partial charge in [0.1, 0.15) is 11.4 Å². The molecule has 0 aliphatic heterocycles. The van der Waals surface area contributed by atoms with Gasteiger partial charge < -0.3 is 10.3 Å². The first-order valence-electron chi connectivity index (χ1n) is 5.52. The molecule has 0 atom stereocenters. The molecule has 0 bridgehead atoms. The summed E-state index contributed by atoms with van der Waals surface area (Å²) in [5.41, 5.74) is 1.38. The van der Waals surface area contributed by atoms with Gasteiger partial charge in [0.05, 0.1) is 12.0 Å². The molecule has 0 saturated heterocycles. The van der Waals surface area contributed by atoms with Gasteiger partial charge in [0.15, 0.2) is 0 Å². The van der Waals surface area contributed by atoms with Crippen LogP contribution in [-0.4, -0.2) is 21.5 Å². The number of hydrogen-bond acceptors (Lipinski definition) is 4. The summed E-state index contributed by atoms with van der Waals surface area (Å²) in [7, 11) is 0. The van der Waals surface area contributed by atoms with Gasteiger partial charge in [-0.1, -0.05) is 15.9 Å². The monoisotopic (exact) mass is 317 g/mol. The lowest BCUT2D eigenvalue weighted by Gasteiger charge is -2.13. The van der Waals surface area contributed by atoms with Crippen molar-refractivity contribution in [1.82, 2.24) is 9.97 Å². The summed E-state index contributed by atoms with van der Waals surface area (Å²) in [6.45, 7) is 0. The van der Waals surface area contributed by atoms with Crippen LogP contribution in [0.3, 0.4) is 0 Å². The zero-order chi connectivity index (χ0) is 13.4. The van der Waals surface area contributed by atoms with Gasteiger partial charge in [-0.05, 0) is 24.3 Å². The highest BCUT2D eigenvalue weighted by molar-refractivity contribution is 9.10. The van der Waals surface area contributed by atoms with Crippen molar-refractivity contribution in [3.63, 3.8) is 0 Å². The Labute approximate surface area is 116 Å². The molecule has 0 spiro atoms. The van der Waals surface area contributed by atoms with Crippen molar-refractivity contribution in [2.45, 2.75) is 0 Å². The van der Waals surface area contributed by atoms with E-state index in [-0.39, 0.29) is 28.7 Å². The molecule has 19 heavy (non-hydrogen) atoms. The standard InChI is InChI=1S/C13H8BrN3O2/c14-7-1-3-8(4-2-7)17-9-5-10(18)11-12(13(9)19)16-6-15-11/h1-6,17H,(H,15,16). The molecule has 3 rings (SSSR count). The summed E-state index contributed by atoms with van der Waals surface area (Å²) in [5, 5.41) is 2.94. The molecule has 1 aliphatic rings. The largest absolute Gasteiger partial charge is 0.352 e. The molecule has 0 amide bonds. The van der Waals surface area contributed by atoms with Crippen LogP contribution in [0.2, 0.25) is 0 Å². The number of fused-ring (bicyclic) bond motifs is 1. The third kappa shape index (κ3) is 2.10. The van der Waals surface area contributed by atoms with Crippen LogP contribution in [0, 0.1) is 0 Å². The zero-order valence-corrected chi connectivity index (χ0v) is 11.2. The summed E-state index contributed by atoms with van der Waals surface area (Å²) >= 11 is 3.33. The normalized spacial score (nSPS) is 14.1. The van der Waals surface area contributed by atoms with Crippen LogP contribution in [0.1, 0.15) is 21.0 Å². The summed E-state index contributed by atoms with van der Waals surface area (Å²) in [6, 6.07) is 7.32. The second-order valence-electron chi connectivity index (χ2n) is 4.01. The number of H-pyrrole nitrogens is 1. The molecular weight excluding hydrogens is 310 g/mol. The Bertz CT molecular complexity index is 701. The fourth-order valence-corrected chi connectivity index (χ4v) is 2.10. The smallest absolute Gasteiger partial charge is 0.227 e. The van der Waals surface area contributed by atoms with E-state index in [1.807, 2.05) is 24.3 Å². The third-order valence-corrected chi connectivity index (χ3v) is 3.27. The number of hydrogen-bond donors (Lipinski definition) is 2. The van der Waals surface area contributed by atoms with Crippen LogP contribution < -0.4 is 5.32 Å². The van der Waals surface area contributed by atoms with E-state index >= 15 is 0 Å². The van der Waals surface area contributed by atoms with Crippen molar-refractivity contribution in [3.05, 3.63) is 58.2 Å². The van der Waals surface area contributed by atoms with Gasteiger partial charge in [0, 0.05) is 16.2 Å². The Morgan fingerprint density at radius 1 is 1.16 bits per heavy atom. The van der Waals surface area contributed by atoms with Gasteiger partial charge in [0.2, 0.25) is 11.6 Å². The molecule has 6 heteroatoms. The number of anilines is 1. The molecule has 1 aromatic heterocycles. The summed E-state index contributed by atoms with van der Waals surface area (Å²) < 4.78 is 0.939. The first-order valence-corrected chi connectivity index (χ1v) is 6.31. The minimum absolute atomic E-state index is 0.173. The minimum atomic E-state index is -0.282. The van der Waals surface area contributed by atoms with Crippen LogP contribution >= 0.6 is 15.9 Å². The number of Topliss-reactive ketones (excluding diaryl/α,β-unsaturated/α-hetero) is 1. The molecule has 0 saturated carbocycles. The van der Waals surface area contributed by atoms with Gasteiger partial charge in [-0.2, -0.15) is 0 Å². The first-order chi connectivity index (χ1) is 9.15. The van der Waals surface area contributed by atoms with E-state index < -0.39 is 0 Å². The Morgan fingerprint density at radius 2 is 1.89 bits per heavy atom. The molecule has 0 unspecified atom stereocenters. The quantitative estimate of drug-likeness (QED) is 0.892. The van der Waals surface area contributed by atoms with E-state index in [1.54, 1.807) is 0 Å². The second-order valence-corrected chi connectivity index (χ2v) is 4.93. The average Bonchev–Trinajstić information content (AvgIpc) is 2.88. The van der Waals surface area contributed by atoms with Crippen LogP contribution in [0.5, 0.6) is 0 Å². The molecular formula is C13H8BrN3O2. The molecule has 2 aromatic rings. The van der Waals surface area contributed by atoms with Crippen molar-refractivity contribution >= 4 is 33.2 Å². The second kappa shape index (κ2) is 4.47. The van der Waals surface area contributed by atoms with E-state index in [0.29, 0.717) is 0 Å². The molecule has 2 N–H and O–H groups in total. The molecule has 1 heterocycles. The maximum atomic E-state index is 12.1. The number of carbonyl (C=O) groups excluding carboxylic acids is 2. The van der Waals surface area contributed by atoms with Gasteiger partial charge in [-0.15, -0.1) is 0 Å². The van der Waals surface area contributed by atoms with Gasteiger partial charge in [0.25, 0.3) is 0 Å². The van der Waals surface area contributed by atoms with Crippen molar-refractivity contribution < 1.29 is 9.59 Å². The topological polar surface area (TPSA) is 74.8 Å². The molecule has 5 nitrogen and oxygen atoms in total. The van der Waals surface area contributed by atoms with Gasteiger partial charge in [-0.3, -0.25) is 9.59 Å². The van der Waals surface area contributed by atoms with Crippen molar-refractivity contribution in [2.24, 2.45) is 0 Å². The van der Waals surface area contributed by atoms with Crippen LogP contribution in [0.15, 0.2) is 46.8 Å². The number of allylic oxidation sites excluding steroid dienone is 2. The number of aromatic amines is 1. The number of rotatable bonds is 2. The zero-order valence-electron chi connectivity index (χ0n) is 9.61. The first kappa shape index (κ1) is 11.9. The lowest BCUT2D eigenvalue weighted by molar-refractivity contribution is 0.0980. The number of carbonyl (C=O) groups is 2. The number of nitrogens with zero attached hydrogens (tertiary/aromatic N) is 1. The maximum absolute atomic E-state index is 12.1. The van der Waals surface area contributed by atoms with Crippen LogP contribution in [-0.2, 0) is 0 Å². The minimum Gasteiger partial charge on any atom is -0.352 e. The number of aromatic nitrogens is 2. The number of benzene rings is 1. The summed E-state index contributed by atoms with van der Waals surface area (Å²) in [4.78, 5) is 30.4. The van der Waals surface area contributed by atoms with E-state index in [0.717, 1.165) is 10.2 Å². The molecule has 1 aromatic carbocycles. The Kier molecular flexibility index (Phi) is 2.79. The fourth-order valence-electron chi connectivity index (χ4n) is 1.84. The van der Waals surface area contributed by atoms with Gasteiger partial charge >= 0.3 is 0 Å². The van der Waals surface area contributed by atoms with Crippen LogP contribution in [0.25, 0.3) is 0 Å². The highest BCUT2D eigenvalue weighted by Crippen LogP contribution is 2.21. The van der Waals surface area contributed by atoms with E-state index in [1.165, 1.54) is 12.4 Å². The van der Waals surface area contributed by atoms with Gasteiger partial charge in [-0.25, -0.2) is 4.98 Å². The molecule has 1 aliphatic carbocycles. The number of ketones is 2. The number of nitrogens with one attached hydrogen (secondary N) is 2. The fraction of sp³-hybridized carbons (Fsp3) is 0. The Morgan fingerprint density at radius 3 is 2.63 bits per heavy atom. The van der Waals surface area contributed by atoms with Crippen molar-refractivity contribution in [3.8, 4) is 0 Å². The Balaban J connectivity index is 1.92. The van der Waals surface area contributed by atoms with Crippen molar-refractivity contribution in [2.75, 3.05) is 5.32 Å². The van der Waals surface area contributed by atoms with Crippen molar-refractivity contribution in [1.29, 1.82) is 0 Å². The van der Waals surface area contributed by atoms with E-state index in [4.69, 9.17) is 0 Å². The van der Waals surface area contributed by atoms with E-state index in [2.05, 4.69) is 31.2 Å². The number of halogens is 1. The summed E-state index contributed by atoms with van der Waals surface area (Å²) in [6.07, 6.45) is 2.62. The van der Waals surface area contributed by atoms with E-state index in [9.17, 15) is 9.59 Å². The predicted octanol–water partition coefficient (Wildman–Crippen LogP) is 2.55. The third-order valence-electron chi connectivity index (χ3n) is 2.74. The molecule has 0 radical (unpaired) electrons. The number of imidazole rings is 1. The maximum Gasteiger partial charge on any atom is 0.227 e. The molecule has 94 valence electrons.